The molecule has 3 N–H and O–H groups in total. The second-order valence-electron chi connectivity index (χ2n) is 5.24. The van der Waals surface area contributed by atoms with Crippen molar-refractivity contribution >= 4 is 22.8 Å². The third kappa shape index (κ3) is 2.52. The molecule has 0 bridgehead atoms. The van der Waals surface area contributed by atoms with Crippen molar-refractivity contribution in [3.05, 3.63) is 36.0 Å². The molecule has 1 aromatic heterocycles. The number of fused-ring (bicyclic) bond motifs is 1. The molecule has 0 unspecified atom stereocenters. The van der Waals surface area contributed by atoms with Crippen LogP contribution in [0.5, 0.6) is 0 Å². The van der Waals surface area contributed by atoms with E-state index in [-0.39, 0.29) is 18.2 Å². The van der Waals surface area contributed by atoms with Crippen molar-refractivity contribution in [2.45, 2.75) is 25.3 Å². The molecule has 1 amide bonds. The zero-order chi connectivity index (χ0) is 14.1. The highest BCUT2D eigenvalue weighted by Gasteiger charge is 2.32. The van der Waals surface area contributed by atoms with Crippen LogP contribution in [0.1, 0.15) is 18.4 Å². The minimum Gasteiger partial charge on any atom is -0.480 e. The zero-order valence-electron chi connectivity index (χ0n) is 10.9. The number of carboxylic acid groups (broad SMARTS) is 1. The van der Waals surface area contributed by atoms with Gasteiger partial charge in [-0.05, 0) is 24.5 Å². The van der Waals surface area contributed by atoms with Gasteiger partial charge in [0.1, 0.15) is 6.04 Å². The van der Waals surface area contributed by atoms with E-state index in [2.05, 4.69) is 10.3 Å². The molecule has 0 saturated heterocycles. The first-order chi connectivity index (χ1) is 9.65. The van der Waals surface area contributed by atoms with Crippen LogP contribution in [0.2, 0.25) is 0 Å². The Morgan fingerprint density at radius 2 is 2.10 bits per heavy atom. The average molecular weight is 272 g/mol. The molecule has 3 rings (SSSR count). The van der Waals surface area contributed by atoms with Gasteiger partial charge in [0.15, 0.2) is 0 Å². The van der Waals surface area contributed by atoms with Gasteiger partial charge >= 0.3 is 5.97 Å². The SMILES string of the molecule is O=C(N[C@H](Cc1c[nH]c2ccccc12)C(=O)O)C1CC1. The van der Waals surface area contributed by atoms with Crippen LogP contribution in [0.25, 0.3) is 10.9 Å². The molecule has 1 heterocycles. The van der Waals surface area contributed by atoms with Crippen LogP contribution in [-0.2, 0) is 16.0 Å². The molecule has 0 spiro atoms. The van der Waals surface area contributed by atoms with E-state index in [1.807, 2.05) is 30.5 Å². The lowest BCUT2D eigenvalue weighted by Crippen LogP contribution is -2.43. The van der Waals surface area contributed by atoms with E-state index in [1.165, 1.54) is 0 Å². The fourth-order valence-electron chi connectivity index (χ4n) is 2.36. The number of benzene rings is 1. The third-order valence-corrected chi connectivity index (χ3v) is 3.66. The van der Waals surface area contributed by atoms with Crippen molar-refractivity contribution in [2.24, 2.45) is 5.92 Å². The van der Waals surface area contributed by atoms with Gasteiger partial charge in [-0.25, -0.2) is 4.79 Å². The van der Waals surface area contributed by atoms with E-state index in [0.717, 1.165) is 29.3 Å². The van der Waals surface area contributed by atoms with Crippen LogP contribution in [0.4, 0.5) is 0 Å². The molecule has 0 aliphatic heterocycles. The van der Waals surface area contributed by atoms with Gasteiger partial charge in [-0.3, -0.25) is 4.79 Å². The number of amides is 1. The highest BCUT2D eigenvalue weighted by Crippen LogP contribution is 2.29. The van der Waals surface area contributed by atoms with E-state index in [9.17, 15) is 14.7 Å². The fraction of sp³-hybridized carbons (Fsp3) is 0.333. The lowest BCUT2D eigenvalue weighted by atomic mass is 10.0. The van der Waals surface area contributed by atoms with Crippen molar-refractivity contribution in [3.8, 4) is 0 Å². The Kier molecular flexibility index (Phi) is 3.18. The topological polar surface area (TPSA) is 82.2 Å². The molecule has 20 heavy (non-hydrogen) atoms. The summed E-state index contributed by atoms with van der Waals surface area (Å²) in [5.41, 5.74) is 1.88. The molecular weight excluding hydrogens is 256 g/mol. The summed E-state index contributed by atoms with van der Waals surface area (Å²) in [6.45, 7) is 0. The zero-order valence-corrected chi connectivity index (χ0v) is 10.9. The van der Waals surface area contributed by atoms with Gasteiger partial charge in [0.25, 0.3) is 0 Å². The van der Waals surface area contributed by atoms with Crippen LogP contribution in [0.15, 0.2) is 30.5 Å². The van der Waals surface area contributed by atoms with Crippen molar-refractivity contribution in [1.82, 2.24) is 10.3 Å². The summed E-state index contributed by atoms with van der Waals surface area (Å²) < 4.78 is 0. The molecule has 2 aromatic rings. The second-order valence-corrected chi connectivity index (χ2v) is 5.24. The third-order valence-electron chi connectivity index (χ3n) is 3.66. The number of hydrogen-bond acceptors (Lipinski definition) is 2. The molecule has 1 fully saturated rings. The highest BCUT2D eigenvalue weighted by molar-refractivity contribution is 5.88. The van der Waals surface area contributed by atoms with Gasteiger partial charge in [-0.15, -0.1) is 0 Å². The van der Waals surface area contributed by atoms with Gasteiger partial charge in [-0.2, -0.15) is 0 Å². The van der Waals surface area contributed by atoms with Crippen LogP contribution in [-0.4, -0.2) is 28.0 Å². The summed E-state index contributed by atoms with van der Waals surface area (Å²) in [7, 11) is 0. The minimum absolute atomic E-state index is 0.0137. The van der Waals surface area contributed by atoms with E-state index >= 15 is 0 Å². The number of aromatic amines is 1. The summed E-state index contributed by atoms with van der Waals surface area (Å²) in [5.74, 6) is -1.12. The van der Waals surface area contributed by atoms with Gasteiger partial charge in [0.05, 0.1) is 0 Å². The Morgan fingerprint density at radius 3 is 2.80 bits per heavy atom. The standard InChI is InChI=1S/C15H16N2O3/c18-14(9-5-6-9)17-13(15(19)20)7-10-8-16-12-4-2-1-3-11(10)12/h1-4,8-9,13,16H,5-7H2,(H,17,18)(H,19,20)/t13-/m1/s1. The van der Waals surface area contributed by atoms with E-state index in [0.29, 0.717) is 0 Å². The molecule has 5 nitrogen and oxygen atoms in total. The Balaban J connectivity index is 1.78. The van der Waals surface area contributed by atoms with E-state index in [4.69, 9.17) is 0 Å². The van der Waals surface area contributed by atoms with Gasteiger partial charge in [-0.1, -0.05) is 18.2 Å². The average Bonchev–Trinajstić information content (AvgIpc) is 3.21. The number of hydrogen-bond donors (Lipinski definition) is 3. The van der Waals surface area contributed by atoms with Crippen LogP contribution in [0, 0.1) is 5.92 Å². The fourth-order valence-corrected chi connectivity index (χ4v) is 2.36. The van der Waals surface area contributed by atoms with Crippen molar-refractivity contribution in [3.63, 3.8) is 0 Å². The number of para-hydroxylation sites is 1. The summed E-state index contributed by atoms with van der Waals surface area (Å²) in [6, 6.07) is 6.85. The number of carbonyl (C=O) groups is 2. The normalized spacial score (nSPS) is 16.0. The molecular formula is C15H16N2O3. The van der Waals surface area contributed by atoms with Crippen LogP contribution >= 0.6 is 0 Å². The summed E-state index contributed by atoms with van der Waals surface area (Å²) in [6.07, 6.45) is 3.83. The lowest BCUT2D eigenvalue weighted by Gasteiger charge is -2.13. The number of rotatable bonds is 5. The number of carbonyl (C=O) groups excluding carboxylic acids is 1. The molecule has 0 radical (unpaired) electrons. The van der Waals surface area contributed by atoms with Gasteiger partial charge in [0, 0.05) is 29.4 Å². The van der Waals surface area contributed by atoms with Gasteiger partial charge in [0.2, 0.25) is 5.91 Å². The second kappa shape index (κ2) is 5.00. The Labute approximate surface area is 116 Å². The van der Waals surface area contributed by atoms with Crippen molar-refractivity contribution in [2.75, 3.05) is 0 Å². The maximum Gasteiger partial charge on any atom is 0.326 e. The Hall–Kier alpha value is -2.30. The number of H-pyrrole nitrogens is 1. The van der Waals surface area contributed by atoms with E-state index < -0.39 is 12.0 Å². The van der Waals surface area contributed by atoms with Crippen LogP contribution in [0.3, 0.4) is 0 Å². The number of nitrogens with one attached hydrogen (secondary N) is 2. The van der Waals surface area contributed by atoms with E-state index in [1.54, 1.807) is 0 Å². The molecule has 104 valence electrons. The summed E-state index contributed by atoms with van der Waals surface area (Å²) in [4.78, 5) is 26.2. The summed E-state index contributed by atoms with van der Waals surface area (Å²) >= 11 is 0. The Morgan fingerprint density at radius 1 is 1.35 bits per heavy atom. The Bertz CT molecular complexity index is 658. The lowest BCUT2D eigenvalue weighted by molar-refractivity contribution is -0.141. The largest absolute Gasteiger partial charge is 0.480 e. The molecule has 5 heteroatoms. The monoisotopic (exact) mass is 272 g/mol. The molecule has 1 aromatic carbocycles. The molecule has 1 atom stereocenters. The quantitative estimate of drug-likeness (QED) is 0.774. The van der Waals surface area contributed by atoms with Crippen molar-refractivity contribution < 1.29 is 14.7 Å². The molecule has 1 aliphatic rings. The summed E-state index contributed by atoms with van der Waals surface area (Å²) in [5, 5.41) is 12.9. The van der Waals surface area contributed by atoms with Crippen molar-refractivity contribution in [1.29, 1.82) is 0 Å². The predicted molar refractivity (Wildman–Crippen MR) is 74.3 cm³/mol. The minimum atomic E-state index is -0.996. The molecule has 1 aliphatic carbocycles. The first-order valence-corrected chi connectivity index (χ1v) is 6.73. The van der Waals surface area contributed by atoms with Crippen LogP contribution < -0.4 is 5.32 Å². The number of aliphatic carboxylic acids is 1. The first kappa shape index (κ1) is 12.7. The van der Waals surface area contributed by atoms with Gasteiger partial charge < -0.3 is 15.4 Å². The molecule has 1 saturated carbocycles. The maximum atomic E-state index is 11.7. The first-order valence-electron chi connectivity index (χ1n) is 6.73. The maximum absolute atomic E-state index is 11.7. The number of carboxylic acids is 1. The highest BCUT2D eigenvalue weighted by atomic mass is 16.4. The predicted octanol–water partition coefficient (Wildman–Crippen LogP) is 1.69. The smallest absolute Gasteiger partial charge is 0.326 e. The number of aromatic nitrogens is 1.